The van der Waals surface area contributed by atoms with E-state index in [1.807, 2.05) is 25.6 Å². The van der Waals surface area contributed by atoms with Crippen LogP contribution in [0.4, 0.5) is 5.82 Å². The predicted octanol–water partition coefficient (Wildman–Crippen LogP) is 0.741. The highest BCUT2D eigenvalue weighted by Crippen LogP contribution is 2.18. The van der Waals surface area contributed by atoms with E-state index >= 15 is 0 Å². The van der Waals surface area contributed by atoms with Gasteiger partial charge in [0.25, 0.3) is 5.56 Å². The molecule has 0 saturated carbocycles. The Bertz CT molecular complexity index is 644. The van der Waals surface area contributed by atoms with Gasteiger partial charge in [0.15, 0.2) is 5.82 Å². The number of ether oxygens (including phenoxy) is 1. The van der Waals surface area contributed by atoms with Crippen molar-refractivity contribution in [3.05, 3.63) is 33.6 Å². The Morgan fingerprint density at radius 1 is 1.47 bits per heavy atom. The lowest BCUT2D eigenvalue weighted by atomic mass is 10.2. The molecule has 0 aromatic carbocycles. The number of nitrogens with zero attached hydrogens (tertiary/aromatic N) is 3. The average Bonchev–Trinajstić information content (AvgIpc) is 2.61. The summed E-state index contributed by atoms with van der Waals surface area (Å²) in [4.78, 5) is 18.1. The number of rotatable bonds is 4. The minimum absolute atomic E-state index is 0.182. The number of hydrogen-bond acceptors (Lipinski definition) is 5. The van der Waals surface area contributed by atoms with Crippen LogP contribution in [0.1, 0.15) is 17.0 Å². The summed E-state index contributed by atoms with van der Waals surface area (Å²) < 4.78 is 6.87. The van der Waals surface area contributed by atoms with Gasteiger partial charge in [0.1, 0.15) is 0 Å². The van der Waals surface area contributed by atoms with Crippen LogP contribution in [-0.2, 0) is 13.6 Å². The van der Waals surface area contributed by atoms with E-state index in [4.69, 9.17) is 4.74 Å². The first-order chi connectivity index (χ1) is 9.04. The maximum Gasteiger partial charge on any atom is 0.295 e. The number of hydrogen-bond donors (Lipinski definition) is 2. The fraction of sp³-hybridized carbons (Fsp3) is 0.417. The van der Waals surface area contributed by atoms with Crippen LogP contribution < -0.4 is 15.6 Å². The fourth-order valence-corrected chi connectivity index (χ4v) is 1.95. The van der Waals surface area contributed by atoms with Crippen molar-refractivity contribution in [3.8, 4) is 5.75 Å². The first-order valence-corrected chi connectivity index (χ1v) is 5.89. The Labute approximate surface area is 110 Å². The Balaban J connectivity index is 2.24. The Kier molecular flexibility index (Phi) is 3.55. The highest BCUT2D eigenvalue weighted by atomic mass is 16.5. The lowest BCUT2D eigenvalue weighted by Crippen LogP contribution is -2.14. The van der Waals surface area contributed by atoms with Crippen molar-refractivity contribution in [3.63, 3.8) is 0 Å². The molecule has 0 aliphatic carbocycles. The zero-order valence-electron chi connectivity index (χ0n) is 11.4. The monoisotopic (exact) mass is 263 g/mol. The van der Waals surface area contributed by atoms with Gasteiger partial charge in [0.2, 0.25) is 5.75 Å². The summed E-state index contributed by atoms with van der Waals surface area (Å²) in [6, 6.07) is 0. The van der Waals surface area contributed by atoms with Gasteiger partial charge in [0.05, 0.1) is 19.1 Å². The molecular weight excluding hydrogens is 246 g/mol. The highest BCUT2D eigenvalue weighted by Gasteiger charge is 2.12. The second-order valence-corrected chi connectivity index (χ2v) is 4.24. The molecular formula is C12H17N5O2. The molecule has 102 valence electrons. The molecule has 0 amide bonds. The van der Waals surface area contributed by atoms with E-state index < -0.39 is 0 Å². The molecule has 7 heteroatoms. The van der Waals surface area contributed by atoms with E-state index in [-0.39, 0.29) is 11.3 Å². The first-order valence-electron chi connectivity index (χ1n) is 5.89. The molecule has 0 aliphatic rings. The number of nitrogens with one attached hydrogen (secondary N) is 2. The van der Waals surface area contributed by atoms with Crippen molar-refractivity contribution >= 4 is 5.82 Å². The minimum Gasteiger partial charge on any atom is -0.489 e. The molecule has 0 radical (unpaired) electrons. The molecule has 2 aromatic rings. The van der Waals surface area contributed by atoms with Crippen molar-refractivity contribution in [1.29, 1.82) is 0 Å². The van der Waals surface area contributed by atoms with Gasteiger partial charge in [-0.2, -0.15) is 5.10 Å². The van der Waals surface area contributed by atoms with Crippen molar-refractivity contribution in [2.75, 3.05) is 12.4 Å². The zero-order chi connectivity index (χ0) is 14.0. The van der Waals surface area contributed by atoms with Crippen LogP contribution in [0, 0.1) is 13.8 Å². The summed E-state index contributed by atoms with van der Waals surface area (Å²) >= 11 is 0. The molecule has 0 bridgehead atoms. The second kappa shape index (κ2) is 5.13. The van der Waals surface area contributed by atoms with Gasteiger partial charge in [-0.05, 0) is 13.8 Å². The molecule has 0 atom stereocenters. The third-order valence-electron chi connectivity index (χ3n) is 3.11. The average molecular weight is 263 g/mol. The summed E-state index contributed by atoms with van der Waals surface area (Å²) in [6.07, 6.45) is 1.34. The van der Waals surface area contributed by atoms with E-state index in [0.717, 1.165) is 17.0 Å². The normalized spacial score (nSPS) is 10.5. The van der Waals surface area contributed by atoms with Crippen molar-refractivity contribution in [2.45, 2.75) is 20.4 Å². The number of aromatic nitrogens is 4. The molecule has 0 unspecified atom stereocenters. The molecule has 2 aromatic heterocycles. The van der Waals surface area contributed by atoms with Crippen LogP contribution in [0.2, 0.25) is 0 Å². The van der Waals surface area contributed by atoms with Gasteiger partial charge in [-0.1, -0.05) is 0 Å². The topological polar surface area (TPSA) is 84.8 Å². The van der Waals surface area contributed by atoms with E-state index in [9.17, 15) is 4.79 Å². The smallest absolute Gasteiger partial charge is 0.295 e. The summed E-state index contributed by atoms with van der Waals surface area (Å²) in [5.41, 5.74) is 2.82. The lowest BCUT2D eigenvalue weighted by Gasteiger charge is -2.09. The van der Waals surface area contributed by atoms with Crippen LogP contribution in [0.15, 0.2) is 11.1 Å². The molecule has 7 nitrogen and oxygen atoms in total. The van der Waals surface area contributed by atoms with E-state index in [1.165, 1.54) is 13.4 Å². The molecule has 0 saturated heterocycles. The fourth-order valence-electron chi connectivity index (χ4n) is 1.95. The Hall–Kier alpha value is -2.31. The van der Waals surface area contributed by atoms with Gasteiger partial charge in [-0.15, -0.1) is 0 Å². The zero-order valence-corrected chi connectivity index (χ0v) is 11.4. The van der Waals surface area contributed by atoms with Crippen LogP contribution in [0.25, 0.3) is 0 Å². The molecule has 2 N–H and O–H groups in total. The van der Waals surface area contributed by atoms with Gasteiger partial charge in [-0.25, -0.2) is 4.98 Å². The van der Waals surface area contributed by atoms with Gasteiger partial charge >= 0.3 is 0 Å². The maximum absolute atomic E-state index is 11.5. The third kappa shape index (κ3) is 2.44. The van der Waals surface area contributed by atoms with E-state index in [0.29, 0.717) is 12.4 Å². The third-order valence-corrected chi connectivity index (χ3v) is 3.11. The quantitative estimate of drug-likeness (QED) is 0.850. The number of anilines is 1. The van der Waals surface area contributed by atoms with Crippen LogP contribution >= 0.6 is 0 Å². The second-order valence-electron chi connectivity index (χ2n) is 4.24. The van der Waals surface area contributed by atoms with Crippen molar-refractivity contribution in [1.82, 2.24) is 19.7 Å². The van der Waals surface area contributed by atoms with E-state index in [1.54, 1.807) is 0 Å². The predicted molar refractivity (Wildman–Crippen MR) is 71.4 cm³/mol. The summed E-state index contributed by atoms with van der Waals surface area (Å²) in [7, 11) is 3.34. The van der Waals surface area contributed by atoms with Gasteiger partial charge in [-0.3, -0.25) is 9.48 Å². The molecule has 19 heavy (non-hydrogen) atoms. The highest BCUT2D eigenvalue weighted by molar-refractivity contribution is 5.48. The van der Waals surface area contributed by atoms with Crippen LogP contribution in [-0.4, -0.2) is 26.9 Å². The van der Waals surface area contributed by atoms with Crippen molar-refractivity contribution < 1.29 is 4.74 Å². The Morgan fingerprint density at radius 2 is 2.21 bits per heavy atom. The number of methoxy groups -OCH3 is 1. The minimum atomic E-state index is -0.306. The standard InChI is InChI=1S/C12H17N5O2/c1-7-9(8(2)17(3)16-7)5-13-11-10(19-4)12(18)15-6-14-11/h6H,5H2,1-4H3,(H2,13,14,15,18). The van der Waals surface area contributed by atoms with Gasteiger partial charge in [0, 0.05) is 24.8 Å². The molecule has 0 spiro atoms. The summed E-state index contributed by atoms with van der Waals surface area (Å²) in [5.74, 6) is 0.607. The van der Waals surface area contributed by atoms with Crippen LogP contribution in [0.3, 0.4) is 0 Å². The first kappa shape index (κ1) is 13.1. The maximum atomic E-state index is 11.5. The van der Waals surface area contributed by atoms with Crippen molar-refractivity contribution in [2.24, 2.45) is 7.05 Å². The molecule has 2 rings (SSSR count). The SMILES string of the molecule is COc1c(NCc2c(C)nn(C)c2C)nc[nH]c1=O. The lowest BCUT2D eigenvalue weighted by molar-refractivity contribution is 0.408. The molecule has 0 aliphatic heterocycles. The molecule has 0 fully saturated rings. The largest absolute Gasteiger partial charge is 0.489 e. The Morgan fingerprint density at radius 3 is 2.79 bits per heavy atom. The van der Waals surface area contributed by atoms with E-state index in [2.05, 4.69) is 20.4 Å². The summed E-state index contributed by atoms with van der Waals surface area (Å²) in [5, 5.41) is 7.45. The number of H-pyrrole nitrogens is 1. The number of aromatic amines is 1. The number of aryl methyl sites for hydroxylation is 2. The van der Waals surface area contributed by atoms with Crippen LogP contribution in [0.5, 0.6) is 5.75 Å². The van der Waals surface area contributed by atoms with Gasteiger partial charge < -0.3 is 15.0 Å². The molecule has 2 heterocycles. The summed E-state index contributed by atoms with van der Waals surface area (Å²) in [6.45, 7) is 4.49.